The fourth-order valence-electron chi connectivity index (χ4n) is 2.61. The zero-order valence-corrected chi connectivity index (χ0v) is 16.9. The third-order valence-electron chi connectivity index (χ3n) is 3.68. The minimum atomic E-state index is 0. The molecule has 1 aromatic carbocycles. The number of hydrogen-bond acceptors (Lipinski definition) is 2. The van der Waals surface area contributed by atoms with Crippen molar-refractivity contribution < 1.29 is 4.74 Å². The molecule has 2 rings (SSSR count). The van der Waals surface area contributed by atoms with Gasteiger partial charge in [-0.05, 0) is 95.1 Å². The number of benzene rings is 1. The van der Waals surface area contributed by atoms with Crippen LogP contribution >= 0.6 is 44.3 Å². The summed E-state index contributed by atoms with van der Waals surface area (Å²) in [6.45, 7) is 4.60. The largest absolute Gasteiger partial charge is 0.492 e. The second-order valence-corrected chi connectivity index (χ2v) is 7.07. The average Bonchev–Trinajstić information content (AvgIpc) is 2.48. The molecule has 22 heavy (non-hydrogen) atoms. The molecule has 0 heterocycles. The lowest BCUT2D eigenvalue weighted by molar-refractivity contribution is 0.336. The first kappa shape index (κ1) is 20.0. The van der Waals surface area contributed by atoms with Crippen molar-refractivity contribution >= 4 is 44.3 Å². The maximum atomic E-state index is 5.61. The van der Waals surface area contributed by atoms with Crippen molar-refractivity contribution in [1.82, 2.24) is 5.32 Å². The number of ether oxygens (including phenoxy) is 1. The van der Waals surface area contributed by atoms with Crippen molar-refractivity contribution in [2.24, 2.45) is 0 Å². The minimum absolute atomic E-state index is 0. The molecule has 0 aromatic heterocycles. The van der Waals surface area contributed by atoms with Crippen molar-refractivity contribution in [2.45, 2.75) is 45.6 Å². The fraction of sp³-hybridized carbons (Fsp3) is 0.529. The first-order valence-electron chi connectivity index (χ1n) is 7.70. The Balaban J connectivity index is 0.00000242. The molecular weight excluding hydrogens is 429 g/mol. The molecule has 1 N–H and O–H groups in total. The average molecular weight is 454 g/mol. The van der Waals surface area contributed by atoms with E-state index < -0.39 is 0 Å². The molecule has 0 unspecified atom stereocenters. The molecule has 0 spiro atoms. The Hall–Kier alpha value is -0.0300. The quantitative estimate of drug-likeness (QED) is 0.403. The molecule has 0 saturated carbocycles. The second-order valence-electron chi connectivity index (χ2n) is 5.36. The molecule has 1 aromatic rings. The van der Waals surface area contributed by atoms with E-state index in [-0.39, 0.29) is 12.4 Å². The first-order valence-corrected chi connectivity index (χ1v) is 9.28. The Morgan fingerprint density at radius 2 is 1.91 bits per heavy atom. The van der Waals surface area contributed by atoms with E-state index >= 15 is 0 Å². The van der Waals surface area contributed by atoms with Gasteiger partial charge < -0.3 is 10.1 Å². The van der Waals surface area contributed by atoms with E-state index in [0.717, 1.165) is 27.8 Å². The molecule has 1 aliphatic rings. The summed E-state index contributed by atoms with van der Waals surface area (Å²) < 4.78 is 7.62. The Kier molecular flexibility index (Phi) is 9.73. The summed E-state index contributed by atoms with van der Waals surface area (Å²) in [4.78, 5) is 0. The van der Waals surface area contributed by atoms with Crippen molar-refractivity contribution in [2.75, 3.05) is 13.2 Å². The molecular formula is C17H24Br2ClNO. The Morgan fingerprint density at radius 3 is 2.50 bits per heavy atom. The summed E-state index contributed by atoms with van der Waals surface area (Å²) >= 11 is 7.16. The number of allylic oxidation sites excluding steroid dienone is 1. The highest BCUT2D eigenvalue weighted by atomic mass is 79.9. The molecule has 5 heteroatoms. The Labute approximate surface area is 156 Å². The zero-order valence-electron chi connectivity index (χ0n) is 13.0. The first-order chi connectivity index (χ1) is 10.2. The summed E-state index contributed by atoms with van der Waals surface area (Å²) in [5, 5.41) is 3.53. The SMILES string of the molecule is CCOc1c(Br)cc(CNCCC2=CCCCC2)cc1Br.Cl. The van der Waals surface area contributed by atoms with Crippen LogP contribution in [0, 0.1) is 0 Å². The van der Waals surface area contributed by atoms with Crippen molar-refractivity contribution in [3.05, 3.63) is 38.3 Å². The monoisotopic (exact) mass is 451 g/mol. The summed E-state index contributed by atoms with van der Waals surface area (Å²) in [6, 6.07) is 4.26. The topological polar surface area (TPSA) is 21.3 Å². The van der Waals surface area contributed by atoms with E-state index in [1.54, 1.807) is 5.57 Å². The van der Waals surface area contributed by atoms with Crippen LogP contribution in [0.5, 0.6) is 5.75 Å². The molecule has 0 amide bonds. The van der Waals surface area contributed by atoms with Crippen LogP contribution in [0.25, 0.3) is 0 Å². The highest BCUT2D eigenvalue weighted by molar-refractivity contribution is 9.11. The van der Waals surface area contributed by atoms with E-state index in [1.165, 1.54) is 37.7 Å². The lowest BCUT2D eigenvalue weighted by atomic mass is 9.97. The van der Waals surface area contributed by atoms with Gasteiger partial charge in [-0.2, -0.15) is 0 Å². The van der Waals surface area contributed by atoms with Crippen LogP contribution in [0.1, 0.15) is 44.6 Å². The third kappa shape index (κ3) is 6.23. The van der Waals surface area contributed by atoms with Crippen LogP contribution in [-0.2, 0) is 6.54 Å². The maximum Gasteiger partial charge on any atom is 0.147 e. The molecule has 0 aliphatic heterocycles. The Morgan fingerprint density at radius 1 is 1.18 bits per heavy atom. The lowest BCUT2D eigenvalue weighted by Crippen LogP contribution is -2.15. The number of nitrogens with one attached hydrogen (secondary N) is 1. The number of rotatable bonds is 7. The summed E-state index contributed by atoms with van der Waals surface area (Å²) in [6.07, 6.45) is 8.90. The fourth-order valence-corrected chi connectivity index (χ4v) is 4.12. The van der Waals surface area contributed by atoms with Crippen molar-refractivity contribution in [1.29, 1.82) is 0 Å². The van der Waals surface area contributed by atoms with E-state index in [9.17, 15) is 0 Å². The molecule has 0 saturated heterocycles. The van der Waals surface area contributed by atoms with Crippen molar-refractivity contribution in [3.8, 4) is 5.75 Å². The van der Waals surface area contributed by atoms with E-state index in [0.29, 0.717) is 6.61 Å². The van der Waals surface area contributed by atoms with Crippen LogP contribution in [0.4, 0.5) is 0 Å². The molecule has 1 aliphatic carbocycles. The van der Waals surface area contributed by atoms with Gasteiger partial charge in [-0.15, -0.1) is 12.4 Å². The summed E-state index contributed by atoms with van der Waals surface area (Å²) in [5.74, 6) is 0.883. The maximum absolute atomic E-state index is 5.61. The van der Waals surface area contributed by atoms with Crippen molar-refractivity contribution in [3.63, 3.8) is 0 Å². The van der Waals surface area contributed by atoms with Gasteiger partial charge in [-0.25, -0.2) is 0 Å². The summed E-state index contributed by atoms with van der Waals surface area (Å²) in [5.41, 5.74) is 2.89. The van der Waals surface area contributed by atoms with E-state index in [2.05, 4.69) is 55.4 Å². The van der Waals surface area contributed by atoms with Gasteiger partial charge in [-0.1, -0.05) is 11.6 Å². The highest BCUT2D eigenvalue weighted by Gasteiger charge is 2.08. The molecule has 0 bridgehead atoms. The van der Waals surface area contributed by atoms with Crippen LogP contribution in [0.2, 0.25) is 0 Å². The Bertz CT molecular complexity index is 482. The van der Waals surface area contributed by atoms with E-state index in [4.69, 9.17) is 4.74 Å². The van der Waals surface area contributed by atoms with Crippen LogP contribution in [-0.4, -0.2) is 13.2 Å². The molecule has 0 atom stereocenters. The van der Waals surface area contributed by atoms with E-state index in [1.807, 2.05) is 6.92 Å². The lowest BCUT2D eigenvalue weighted by Gasteiger charge is -2.14. The van der Waals surface area contributed by atoms with Gasteiger partial charge in [0.15, 0.2) is 0 Å². The van der Waals surface area contributed by atoms with Gasteiger partial charge in [0, 0.05) is 6.54 Å². The van der Waals surface area contributed by atoms with Gasteiger partial charge in [0.1, 0.15) is 5.75 Å². The summed E-state index contributed by atoms with van der Waals surface area (Å²) in [7, 11) is 0. The zero-order chi connectivity index (χ0) is 15.1. The molecule has 0 fully saturated rings. The second kappa shape index (κ2) is 10.7. The molecule has 124 valence electrons. The standard InChI is InChI=1S/C17H23Br2NO.ClH/c1-2-21-17-15(18)10-14(11-16(17)19)12-20-9-8-13-6-4-3-5-7-13;/h6,10-11,20H,2-5,7-9,12H2,1H3;1H. The number of halogens is 3. The predicted octanol–water partition coefficient (Wildman–Crippen LogP) is 6.01. The normalized spacial score (nSPS) is 14.2. The third-order valence-corrected chi connectivity index (χ3v) is 4.86. The smallest absolute Gasteiger partial charge is 0.147 e. The predicted molar refractivity (Wildman–Crippen MR) is 103 cm³/mol. The van der Waals surface area contributed by atoms with Crippen LogP contribution in [0.15, 0.2) is 32.7 Å². The van der Waals surface area contributed by atoms with Gasteiger partial charge in [0.25, 0.3) is 0 Å². The van der Waals surface area contributed by atoms with Crippen LogP contribution < -0.4 is 10.1 Å². The van der Waals surface area contributed by atoms with Gasteiger partial charge in [0.2, 0.25) is 0 Å². The van der Waals surface area contributed by atoms with Gasteiger partial charge in [0.05, 0.1) is 15.6 Å². The highest BCUT2D eigenvalue weighted by Crippen LogP contribution is 2.34. The molecule has 0 radical (unpaired) electrons. The van der Waals surface area contributed by atoms with Gasteiger partial charge >= 0.3 is 0 Å². The molecule has 2 nitrogen and oxygen atoms in total. The van der Waals surface area contributed by atoms with Crippen LogP contribution in [0.3, 0.4) is 0 Å². The number of hydrogen-bond donors (Lipinski definition) is 1. The van der Waals surface area contributed by atoms with Gasteiger partial charge in [-0.3, -0.25) is 0 Å². The minimum Gasteiger partial charge on any atom is -0.492 e.